The van der Waals surface area contributed by atoms with Crippen LogP contribution in [-0.4, -0.2) is 59.0 Å². The SMILES string of the molecule is Cc1cccc(N2C[C@@H](C)N(C(=O)CC3=CSC4=NCCN34)CC2=O)c1. The van der Waals surface area contributed by atoms with Gasteiger partial charge in [-0.15, -0.1) is 0 Å². The average molecular weight is 370 g/mol. The molecule has 1 fully saturated rings. The summed E-state index contributed by atoms with van der Waals surface area (Å²) in [6.45, 7) is 6.32. The van der Waals surface area contributed by atoms with Gasteiger partial charge < -0.3 is 14.7 Å². The first kappa shape index (κ1) is 17.1. The van der Waals surface area contributed by atoms with Gasteiger partial charge in [0.2, 0.25) is 11.8 Å². The summed E-state index contributed by atoms with van der Waals surface area (Å²) in [4.78, 5) is 35.5. The van der Waals surface area contributed by atoms with Crippen LogP contribution >= 0.6 is 11.8 Å². The van der Waals surface area contributed by atoms with Crippen molar-refractivity contribution in [3.63, 3.8) is 0 Å². The smallest absolute Gasteiger partial charge is 0.246 e. The molecule has 0 bridgehead atoms. The van der Waals surface area contributed by atoms with Crippen LogP contribution in [0.1, 0.15) is 18.9 Å². The van der Waals surface area contributed by atoms with E-state index in [1.54, 1.807) is 21.6 Å². The van der Waals surface area contributed by atoms with E-state index in [4.69, 9.17) is 0 Å². The van der Waals surface area contributed by atoms with E-state index in [1.807, 2.05) is 43.5 Å². The maximum atomic E-state index is 12.8. The molecule has 26 heavy (non-hydrogen) atoms. The number of fused-ring (bicyclic) bond motifs is 1. The lowest BCUT2D eigenvalue weighted by atomic mass is 10.1. The molecule has 1 saturated heterocycles. The Morgan fingerprint density at radius 3 is 3.00 bits per heavy atom. The molecule has 0 radical (unpaired) electrons. The van der Waals surface area contributed by atoms with E-state index in [2.05, 4.69) is 9.89 Å². The number of nitrogens with zero attached hydrogens (tertiary/aromatic N) is 4. The van der Waals surface area contributed by atoms with Gasteiger partial charge in [0, 0.05) is 30.5 Å². The molecule has 0 spiro atoms. The van der Waals surface area contributed by atoms with Gasteiger partial charge in [0.15, 0.2) is 5.17 Å². The van der Waals surface area contributed by atoms with Crippen LogP contribution in [-0.2, 0) is 9.59 Å². The lowest BCUT2D eigenvalue weighted by Crippen LogP contribution is -2.57. The molecule has 7 heteroatoms. The normalized spacial score (nSPS) is 22.5. The first-order chi connectivity index (χ1) is 12.5. The summed E-state index contributed by atoms with van der Waals surface area (Å²) in [6.07, 6.45) is 0.327. The Kier molecular flexibility index (Phi) is 4.48. The molecule has 0 aromatic heterocycles. The van der Waals surface area contributed by atoms with Crippen LogP contribution in [0.3, 0.4) is 0 Å². The summed E-state index contributed by atoms with van der Waals surface area (Å²) in [6, 6.07) is 7.92. The van der Waals surface area contributed by atoms with E-state index in [0.717, 1.165) is 35.2 Å². The number of hydrogen-bond donors (Lipinski definition) is 0. The number of carbonyl (C=O) groups excluding carboxylic acids is 2. The standard InChI is InChI=1S/C19H22N4O2S/c1-13-4-3-5-15(8-13)23-10-14(2)22(11-18(23)25)17(24)9-16-12-26-19-20-6-7-21(16)19/h3-5,8,12,14H,6-7,9-11H2,1-2H3/t14-/m1/s1. The van der Waals surface area contributed by atoms with E-state index < -0.39 is 0 Å². The Bertz CT molecular complexity index is 820. The molecule has 3 aliphatic rings. The Balaban J connectivity index is 1.43. The van der Waals surface area contributed by atoms with Gasteiger partial charge in [-0.05, 0) is 37.0 Å². The summed E-state index contributed by atoms with van der Waals surface area (Å²) in [5.74, 6) is -0.0185. The van der Waals surface area contributed by atoms with Gasteiger partial charge in [-0.25, -0.2) is 0 Å². The third kappa shape index (κ3) is 3.11. The zero-order valence-electron chi connectivity index (χ0n) is 15.0. The molecule has 0 unspecified atom stereocenters. The van der Waals surface area contributed by atoms with Crippen molar-refractivity contribution < 1.29 is 9.59 Å². The first-order valence-corrected chi connectivity index (χ1v) is 9.75. The van der Waals surface area contributed by atoms with Crippen molar-refractivity contribution in [1.29, 1.82) is 0 Å². The molecule has 0 aliphatic carbocycles. The van der Waals surface area contributed by atoms with Gasteiger partial charge in [0.25, 0.3) is 0 Å². The van der Waals surface area contributed by atoms with Crippen LogP contribution in [0.4, 0.5) is 5.69 Å². The third-order valence-corrected chi connectivity index (χ3v) is 5.95. The minimum Gasteiger partial charge on any atom is -0.329 e. The number of thioether (sulfide) groups is 1. The highest BCUT2D eigenvalue weighted by molar-refractivity contribution is 8.16. The molecule has 1 aromatic rings. The molecular weight excluding hydrogens is 348 g/mol. The minimum absolute atomic E-state index is 0.00902. The number of aliphatic imine (C=N–C) groups is 1. The first-order valence-electron chi connectivity index (χ1n) is 8.87. The Morgan fingerprint density at radius 2 is 2.19 bits per heavy atom. The van der Waals surface area contributed by atoms with Crippen molar-refractivity contribution >= 4 is 34.4 Å². The molecule has 4 rings (SSSR count). The quantitative estimate of drug-likeness (QED) is 0.819. The molecule has 1 atom stereocenters. The summed E-state index contributed by atoms with van der Waals surface area (Å²) in [5, 5.41) is 2.99. The average Bonchev–Trinajstić information content (AvgIpc) is 3.21. The predicted octanol–water partition coefficient (Wildman–Crippen LogP) is 2.21. The van der Waals surface area contributed by atoms with Crippen molar-refractivity contribution in [3.05, 3.63) is 40.9 Å². The largest absolute Gasteiger partial charge is 0.329 e. The number of amides is 2. The Morgan fingerprint density at radius 1 is 1.35 bits per heavy atom. The van der Waals surface area contributed by atoms with Gasteiger partial charge in [-0.2, -0.15) is 0 Å². The molecular formula is C19H22N4O2S. The van der Waals surface area contributed by atoms with Gasteiger partial charge in [-0.1, -0.05) is 23.9 Å². The zero-order valence-corrected chi connectivity index (χ0v) is 15.8. The molecule has 1 aromatic carbocycles. The highest BCUT2D eigenvalue weighted by atomic mass is 32.2. The highest BCUT2D eigenvalue weighted by Gasteiger charge is 2.35. The lowest BCUT2D eigenvalue weighted by molar-refractivity contribution is -0.138. The summed E-state index contributed by atoms with van der Waals surface area (Å²) >= 11 is 1.58. The topological polar surface area (TPSA) is 56.2 Å². The number of aryl methyl sites for hydroxylation is 1. The van der Waals surface area contributed by atoms with Crippen molar-refractivity contribution in [2.24, 2.45) is 4.99 Å². The zero-order chi connectivity index (χ0) is 18.3. The second-order valence-electron chi connectivity index (χ2n) is 6.93. The number of amidine groups is 1. The van der Waals surface area contributed by atoms with E-state index in [9.17, 15) is 9.59 Å². The minimum atomic E-state index is -0.0275. The fraction of sp³-hybridized carbons (Fsp3) is 0.421. The van der Waals surface area contributed by atoms with Crippen LogP contribution in [0.25, 0.3) is 0 Å². The molecule has 0 N–H and O–H groups in total. The van der Waals surface area contributed by atoms with Crippen molar-refractivity contribution in [3.8, 4) is 0 Å². The molecule has 136 valence electrons. The van der Waals surface area contributed by atoms with Crippen LogP contribution in [0.2, 0.25) is 0 Å². The number of carbonyl (C=O) groups is 2. The monoisotopic (exact) mass is 370 g/mol. The molecule has 0 saturated carbocycles. The number of hydrogen-bond acceptors (Lipinski definition) is 5. The third-order valence-electron chi connectivity index (χ3n) is 5.00. The molecule has 6 nitrogen and oxygen atoms in total. The maximum Gasteiger partial charge on any atom is 0.246 e. The van der Waals surface area contributed by atoms with E-state index >= 15 is 0 Å². The second-order valence-corrected chi connectivity index (χ2v) is 7.77. The number of rotatable bonds is 3. The van der Waals surface area contributed by atoms with E-state index in [0.29, 0.717) is 13.0 Å². The van der Waals surface area contributed by atoms with Gasteiger partial charge >= 0.3 is 0 Å². The van der Waals surface area contributed by atoms with Crippen LogP contribution < -0.4 is 4.90 Å². The highest BCUT2D eigenvalue weighted by Crippen LogP contribution is 2.31. The van der Waals surface area contributed by atoms with Crippen LogP contribution in [0.5, 0.6) is 0 Å². The summed E-state index contributed by atoms with van der Waals surface area (Å²) < 4.78 is 0. The Labute approximate surface area is 157 Å². The summed E-state index contributed by atoms with van der Waals surface area (Å²) in [7, 11) is 0. The second kappa shape index (κ2) is 6.79. The molecule has 2 amide bonds. The lowest BCUT2D eigenvalue weighted by Gasteiger charge is -2.39. The van der Waals surface area contributed by atoms with Gasteiger partial charge in [-0.3, -0.25) is 14.6 Å². The number of piperazine rings is 1. The van der Waals surface area contributed by atoms with Crippen LogP contribution in [0.15, 0.2) is 40.4 Å². The maximum absolute atomic E-state index is 12.8. The van der Waals surface area contributed by atoms with Crippen LogP contribution in [0, 0.1) is 6.92 Å². The van der Waals surface area contributed by atoms with E-state index in [-0.39, 0.29) is 24.4 Å². The number of benzene rings is 1. The van der Waals surface area contributed by atoms with Crippen molar-refractivity contribution in [1.82, 2.24) is 9.80 Å². The summed E-state index contributed by atoms with van der Waals surface area (Å²) in [5.41, 5.74) is 3.02. The fourth-order valence-corrected chi connectivity index (χ4v) is 4.56. The molecule has 3 aliphatic heterocycles. The van der Waals surface area contributed by atoms with Gasteiger partial charge in [0.1, 0.15) is 6.54 Å². The number of anilines is 1. The van der Waals surface area contributed by atoms with Crippen molar-refractivity contribution in [2.45, 2.75) is 26.3 Å². The Hall–Kier alpha value is -2.28. The van der Waals surface area contributed by atoms with Gasteiger partial charge in [0.05, 0.1) is 13.0 Å². The van der Waals surface area contributed by atoms with E-state index in [1.165, 1.54) is 0 Å². The molecule has 3 heterocycles. The fourth-order valence-electron chi connectivity index (χ4n) is 3.60. The van der Waals surface area contributed by atoms with Crippen molar-refractivity contribution in [2.75, 3.05) is 31.1 Å². The predicted molar refractivity (Wildman–Crippen MR) is 104 cm³/mol.